The van der Waals surface area contributed by atoms with Crippen LogP contribution in [0.2, 0.25) is 19.5 Å². The summed E-state index contributed by atoms with van der Waals surface area (Å²) < 4.78 is 6.44. The Morgan fingerprint density at radius 3 is 2.55 bits per heavy atom. The molecule has 10 heteroatoms. The number of benzene rings is 1. The quantitative estimate of drug-likeness (QED) is 0.389. The van der Waals surface area contributed by atoms with Gasteiger partial charge in [-0.2, -0.15) is 0 Å². The van der Waals surface area contributed by atoms with Gasteiger partial charge in [-0.15, -0.1) is 0 Å². The number of hydrogen-bond donors (Lipinski definition) is 0. The lowest BCUT2D eigenvalue weighted by Gasteiger charge is -2.25. The molecule has 0 spiro atoms. The Balaban J connectivity index is 1.60. The molecule has 1 aliphatic heterocycles. The molecule has 5 nitrogen and oxygen atoms in total. The maximum Gasteiger partial charge on any atom is 0.265 e. The molecule has 3 aromatic rings. The van der Waals surface area contributed by atoms with Crippen LogP contribution in [-0.4, -0.2) is 40.0 Å². The molecule has 0 saturated carbocycles. The molecule has 162 valence electrons. The van der Waals surface area contributed by atoms with Crippen LogP contribution in [0.1, 0.15) is 28.1 Å². The van der Waals surface area contributed by atoms with Gasteiger partial charge in [0.2, 0.25) is 5.88 Å². The molecule has 1 fully saturated rings. The highest BCUT2D eigenvalue weighted by atomic mass is 35.5. The minimum atomic E-state index is -0.226. The van der Waals surface area contributed by atoms with Gasteiger partial charge in [0.25, 0.3) is 5.91 Å². The largest absolute Gasteiger partial charge is 0.474 e. The lowest BCUT2D eigenvalue weighted by atomic mass is 9.86. The fourth-order valence-corrected chi connectivity index (χ4v) is 5.11. The monoisotopic (exact) mass is 515 g/mol. The van der Waals surface area contributed by atoms with Crippen molar-refractivity contribution in [3.8, 4) is 5.88 Å². The molecular weight excluding hydrogens is 500 g/mol. The number of nitrogens with zero attached hydrogens (tertiary/aromatic N) is 3. The van der Waals surface area contributed by atoms with E-state index in [1.807, 2.05) is 19.1 Å². The van der Waals surface area contributed by atoms with Gasteiger partial charge in [-0.1, -0.05) is 63.8 Å². The number of ether oxygens (including phenoxy) is 1. The zero-order valence-corrected chi connectivity index (χ0v) is 20.1. The summed E-state index contributed by atoms with van der Waals surface area (Å²) in [5.74, 6) is 0.379. The smallest absolute Gasteiger partial charge is 0.265 e. The Morgan fingerprint density at radius 1 is 1.10 bits per heavy atom. The molecule has 1 saturated heterocycles. The van der Waals surface area contributed by atoms with E-state index in [4.69, 9.17) is 51.1 Å². The van der Waals surface area contributed by atoms with Gasteiger partial charge in [0, 0.05) is 37.2 Å². The molecule has 2 aromatic heterocycles. The average molecular weight is 517 g/mol. The van der Waals surface area contributed by atoms with Crippen molar-refractivity contribution in [1.29, 1.82) is 0 Å². The second-order valence-corrected chi connectivity index (χ2v) is 10.1. The van der Waals surface area contributed by atoms with Crippen molar-refractivity contribution in [2.24, 2.45) is 5.92 Å². The Labute approximate surface area is 203 Å². The zero-order chi connectivity index (χ0) is 22.1. The highest BCUT2D eigenvalue weighted by Gasteiger charge is 2.41. The number of hydrogen-bond acceptors (Lipinski definition) is 5. The molecule has 31 heavy (non-hydrogen) atoms. The Bertz CT molecular complexity index is 1090. The summed E-state index contributed by atoms with van der Waals surface area (Å²) in [6.45, 7) is 3.00. The van der Waals surface area contributed by atoms with Crippen molar-refractivity contribution in [3.05, 3.63) is 72.7 Å². The minimum absolute atomic E-state index is 0.00191. The molecule has 0 unspecified atom stereocenters. The van der Waals surface area contributed by atoms with E-state index in [0.29, 0.717) is 43.4 Å². The molecule has 0 bridgehead atoms. The molecule has 0 N–H and O–H groups in total. The third-order valence-corrected chi connectivity index (χ3v) is 7.39. The maximum atomic E-state index is 13.0. The van der Waals surface area contributed by atoms with Gasteiger partial charge >= 0.3 is 0 Å². The third-order valence-electron chi connectivity index (χ3n) is 5.32. The van der Waals surface area contributed by atoms with E-state index in [2.05, 4.69) is 9.97 Å². The highest BCUT2D eigenvalue weighted by molar-refractivity contribution is 7.17. The molecule has 0 radical (unpaired) electrons. The number of carbonyl (C=O) groups excluding carboxylic acids is 1. The third kappa shape index (κ3) is 5.10. The van der Waals surface area contributed by atoms with Gasteiger partial charge in [-0.05, 0) is 30.7 Å². The predicted octanol–water partition coefficient (Wildman–Crippen LogP) is 6.48. The van der Waals surface area contributed by atoms with Crippen LogP contribution in [0.25, 0.3) is 0 Å². The van der Waals surface area contributed by atoms with E-state index >= 15 is 0 Å². The normalized spacial score (nSPS) is 19.5. The number of likely N-dealkylation sites (tertiary alicyclic amines) is 1. The van der Waals surface area contributed by atoms with E-state index in [9.17, 15) is 4.79 Å². The predicted molar refractivity (Wildman–Crippen MR) is 125 cm³/mol. The van der Waals surface area contributed by atoms with Crippen LogP contribution >= 0.6 is 57.7 Å². The molecule has 4 rings (SSSR count). The van der Waals surface area contributed by atoms with Gasteiger partial charge in [0.1, 0.15) is 11.0 Å². The van der Waals surface area contributed by atoms with Gasteiger partial charge in [0.05, 0.1) is 21.3 Å². The molecule has 3 atom stereocenters. The number of pyridine rings is 1. The first-order valence-electron chi connectivity index (χ1n) is 9.45. The second-order valence-electron chi connectivity index (χ2n) is 7.27. The molecular formula is C21H17Cl4N3O2S. The van der Waals surface area contributed by atoms with E-state index in [1.165, 1.54) is 23.7 Å². The van der Waals surface area contributed by atoms with E-state index in [0.717, 1.165) is 5.56 Å². The zero-order valence-electron chi connectivity index (χ0n) is 16.3. The van der Waals surface area contributed by atoms with Crippen LogP contribution in [0.5, 0.6) is 5.88 Å². The molecule has 1 amide bonds. The van der Waals surface area contributed by atoms with Gasteiger partial charge in [0.15, 0.2) is 4.47 Å². The summed E-state index contributed by atoms with van der Waals surface area (Å²) in [5.41, 5.74) is 0.997. The first-order valence-corrected chi connectivity index (χ1v) is 11.8. The summed E-state index contributed by atoms with van der Waals surface area (Å²) in [5, 5.41) is 1.50. The lowest BCUT2D eigenvalue weighted by molar-refractivity contribution is 0.0774. The van der Waals surface area contributed by atoms with Crippen LogP contribution in [0.3, 0.4) is 0 Å². The van der Waals surface area contributed by atoms with Crippen molar-refractivity contribution in [2.45, 2.75) is 18.9 Å². The fraction of sp³-hybridized carbons (Fsp3) is 0.286. The number of rotatable bonds is 5. The SMILES string of the molecule is C[C@@H](Oc1ccc(Cl)cn1)[C@@H]1CN(C(=O)c2cnc(Cl)s2)C[C@H]1c1ccc(Cl)c(Cl)c1. The molecule has 1 aromatic carbocycles. The van der Waals surface area contributed by atoms with Crippen molar-refractivity contribution in [1.82, 2.24) is 14.9 Å². The number of halogens is 4. The molecule has 3 heterocycles. The number of aromatic nitrogens is 2. The summed E-state index contributed by atoms with van der Waals surface area (Å²) >= 11 is 25.4. The minimum Gasteiger partial charge on any atom is -0.474 e. The Morgan fingerprint density at radius 2 is 1.90 bits per heavy atom. The van der Waals surface area contributed by atoms with Crippen LogP contribution in [0, 0.1) is 5.92 Å². The number of carbonyl (C=O) groups is 1. The Hall–Kier alpha value is -1.57. The summed E-state index contributed by atoms with van der Waals surface area (Å²) in [7, 11) is 0. The topological polar surface area (TPSA) is 55.3 Å². The van der Waals surface area contributed by atoms with Crippen molar-refractivity contribution in [2.75, 3.05) is 13.1 Å². The standard InChI is InChI=1S/C21H17Cl4N3O2S/c1-11(30-19-5-3-13(22)7-26-19)14-9-28(20(29)18-8-27-21(25)31-18)10-15(14)12-2-4-16(23)17(24)6-12/h2-8,11,14-15H,9-10H2,1H3/t11-,14+,15+/m1/s1. The van der Waals surface area contributed by atoms with Crippen molar-refractivity contribution in [3.63, 3.8) is 0 Å². The number of amides is 1. The van der Waals surface area contributed by atoms with Gasteiger partial charge < -0.3 is 9.64 Å². The van der Waals surface area contributed by atoms with E-state index in [-0.39, 0.29) is 23.8 Å². The van der Waals surface area contributed by atoms with Crippen LogP contribution in [-0.2, 0) is 0 Å². The molecule has 0 aliphatic carbocycles. The average Bonchev–Trinajstić information content (AvgIpc) is 3.38. The first kappa shape index (κ1) is 22.6. The second kappa shape index (κ2) is 9.51. The van der Waals surface area contributed by atoms with Crippen molar-refractivity contribution >= 4 is 63.6 Å². The summed E-state index contributed by atoms with van der Waals surface area (Å²) in [6, 6.07) is 9.02. The van der Waals surface area contributed by atoms with Crippen molar-refractivity contribution < 1.29 is 9.53 Å². The van der Waals surface area contributed by atoms with Gasteiger partial charge in [-0.25, -0.2) is 9.97 Å². The fourth-order valence-electron chi connectivity index (χ4n) is 3.78. The highest BCUT2D eigenvalue weighted by Crippen LogP contribution is 2.39. The Kier molecular flexibility index (Phi) is 6.94. The first-order chi connectivity index (χ1) is 14.8. The number of thiazole rings is 1. The van der Waals surface area contributed by atoms with E-state index in [1.54, 1.807) is 23.1 Å². The molecule has 1 aliphatic rings. The lowest BCUT2D eigenvalue weighted by Crippen LogP contribution is -2.32. The maximum absolute atomic E-state index is 13.0. The van der Waals surface area contributed by atoms with Crippen LogP contribution in [0.15, 0.2) is 42.7 Å². The summed E-state index contributed by atoms with van der Waals surface area (Å²) in [4.78, 5) is 23.6. The van der Waals surface area contributed by atoms with Crippen LogP contribution in [0.4, 0.5) is 0 Å². The summed E-state index contributed by atoms with van der Waals surface area (Å²) in [6.07, 6.45) is 2.82. The van der Waals surface area contributed by atoms with Crippen LogP contribution < -0.4 is 4.74 Å². The van der Waals surface area contributed by atoms with E-state index < -0.39 is 0 Å². The van der Waals surface area contributed by atoms with Gasteiger partial charge in [-0.3, -0.25) is 4.79 Å².